The molecule has 31 heavy (non-hydrogen) atoms. The molecule has 3 aromatic carbocycles. The Morgan fingerprint density at radius 2 is 1.65 bits per heavy atom. The standard InChI is InChI=1S/C15H9BrFN5.C7H8BrN/c1-9-6-12(16)3-5-14(9)22-20-15(19-21-22)10-2-4-13(17)11(7-10)8-18;1-5-4-6(8)2-3-7(5)9/h2-7H,1H3;2-4H,9H2,1H3. The molecule has 0 atom stereocenters. The van der Waals surface area contributed by atoms with Gasteiger partial charge in [0.25, 0.3) is 0 Å². The van der Waals surface area contributed by atoms with E-state index in [1.807, 2.05) is 50.2 Å². The third kappa shape index (κ3) is 5.54. The van der Waals surface area contributed by atoms with E-state index in [0.717, 1.165) is 31.4 Å². The third-order valence-electron chi connectivity index (χ3n) is 4.36. The van der Waals surface area contributed by atoms with E-state index in [1.54, 1.807) is 6.07 Å². The van der Waals surface area contributed by atoms with E-state index >= 15 is 0 Å². The minimum Gasteiger partial charge on any atom is -0.399 e. The number of aryl methyl sites for hydroxylation is 2. The van der Waals surface area contributed by atoms with Crippen LogP contribution >= 0.6 is 31.9 Å². The van der Waals surface area contributed by atoms with E-state index in [0.29, 0.717) is 11.4 Å². The van der Waals surface area contributed by atoms with Crippen molar-refractivity contribution in [3.63, 3.8) is 0 Å². The molecule has 2 N–H and O–H groups in total. The summed E-state index contributed by atoms with van der Waals surface area (Å²) in [6.45, 7) is 3.93. The maximum absolute atomic E-state index is 13.4. The first-order valence-corrected chi connectivity index (χ1v) is 10.7. The lowest BCUT2D eigenvalue weighted by Gasteiger charge is -2.03. The number of halogens is 3. The summed E-state index contributed by atoms with van der Waals surface area (Å²) >= 11 is 6.74. The molecule has 0 bridgehead atoms. The Kier molecular flexibility index (Phi) is 7.15. The number of hydrogen-bond donors (Lipinski definition) is 1. The summed E-state index contributed by atoms with van der Waals surface area (Å²) in [5, 5.41) is 21.2. The fraction of sp³-hybridized carbons (Fsp3) is 0.0909. The molecule has 0 aliphatic heterocycles. The van der Waals surface area contributed by atoms with E-state index in [4.69, 9.17) is 11.0 Å². The lowest BCUT2D eigenvalue weighted by atomic mass is 10.1. The van der Waals surface area contributed by atoms with Crippen LogP contribution in [0.15, 0.2) is 63.5 Å². The number of rotatable bonds is 2. The van der Waals surface area contributed by atoms with Gasteiger partial charge in [0, 0.05) is 20.2 Å². The highest BCUT2D eigenvalue weighted by Crippen LogP contribution is 2.21. The Balaban J connectivity index is 0.000000254. The van der Waals surface area contributed by atoms with E-state index in [2.05, 4.69) is 47.3 Å². The van der Waals surface area contributed by atoms with Gasteiger partial charge in [0.05, 0.1) is 11.3 Å². The fourth-order valence-electron chi connectivity index (χ4n) is 2.66. The van der Waals surface area contributed by atoms with Gasteiger partial charge in [-0.2, -0.15) is 5.26 Å². The van der Waals surface area contributed by atoms with Crippen LogP contribution < -0.4 is 5.73 Å². The van der Waals surface area contributed by atoms with Crippen molar-refractivity contribution in [3.05, 3.63) is 86.1 Å². The number of nitriles is 1. The second kappa shape index (κ2) is 9.81. The average Bonchev–Trinajstić information content (AvgIpc) is 3.22. The molecule has 0 aliphatic carbocycles. The molecule has 0 spiro atoms. The van der Waals surface area contributed by atoms with E-state index in [9.17, 15) is 4.39 Å². The van der Waals surface area contributed by atoms with Crippen molar-refractivity contribution in [3.8, 4) is 23.1 Å². The normalized spacial score (nSPS) is 10.2. The molecular weight excluding hydrogens is 527 g/mol. The van der Waals surface area contributed by atoms with Crippen LogP contribution in [0, 0.1) is 31.0 Å². The third-order valence-corrected chi connectivity index (χ3v) is 5.35. The number of nitrogens with zero attached hydrogens (tertiary/aromatic N) is 5. The fourth-order valence-corrected chi connectivity index (χ4v) is 3.62. The maximum atomic E-state index is 13.4. The number of anilines is 1. The molecular formula is C22H17Br2FN6. The monoisotopic (exact) mass is 542 g/mol. The van der Waals surface area contributed by atoms with Crippen LogP contribution in [0.2, 0.25) is 0 Å². The largest absolute Gasteiger partial charge is 0.399 e. The summed E-state index contributed by atoms with van der Waals surface area (Å²) in [7, 11) is 0. The average molecular weight is 544 g/mol. The van der Waals surface area contributed by atoms with Crippen molar-refractivity contribution >= 4 is 37.5 Å². The number of tetrazole rings is 1. The SMILES string of the molecule is Cc1cc(Br)ccc1-n1nnc(-c2ccc(F)c(C#N)c2)n1.Cc1cc(Br)ccc1N. The van der Waals surface area contributed by atoms with Crippen LogP contribution in [-0.2, 0) is 0 Å². The lowest BCUT2D eigenvalue weighted by molar-refractivity contribution is 0.624. The van der Waals surface area contributed by atoms with Crippen LogP contribution in [-0.4, -0.2) is 20.2 Å². The molecule has 6 nitrogen and oxygen atoms in total. The zero-order valence-corrected chi connectivity index (χ0v) is 19.8. The van der Waals surface area contributed by atoms with Crippen molar-refractivity contribution in [2.45, 2.75) is 13.8 Å². The Labute approximate surface area is 195 Å². The quantitative estimate of drug-likeness (QED) is 0.325. The smallest absolute Gasteiger partial charge is 0.205 e. The molecule has 0 unspecified atom stereocenters. The summed E-state index contributed by atoms with van der Waals surface area (Å²) < 4.78 is 15.4. The van der Waals surface area contributed by atoms with Gasteiger partial charge in [-0.05, 0) is 84.8 Å². The molecule has 0 saturated heterocycles. The van der Waals surface area contributed by atoms with Gasteiger partial charge in [-0.25, -0.2) is 4.39 Å². The summed E-state index contributed by atoms with van der Waals surface area (Å²) in [6.07, 6.45) is 0. The first-order chi connectivity index (χ1) is 14.8. The molecule has 9 heteroatoms. The van der Waals surface area contributed by atoms with E-state index < -0.39 is 5.82 Å². The predicted octanol–water partition coefficient (Wildman–Crippen LogP) is 5.75. The minimum atomic E-state index is -0.567. The number of aromatic nitrogens is 4. The molecule has 1 aromatic heterocycles. The summed E-state index contributed by atoms with van der Waals surface area (Å²) in [5.41, 5.74) is 9.80. The van der Waals surface area contributed by atoms with E-state index in [1.165, 1.54) is 23.0 Å². The first kappa shape index (κ1) is 22.6. The van der Waals surface area contributed by atoms with Crippen molar-refractivity contribution in [2.24, 2.45) is 0 Å². The van der Waals surface area contributed by atoms with Crippen molar-refractivity contribution in [2.75, 3.05) is 5.73 Å². The van der Waals surface area contributed by atoms with Crippen molar-refractivity contribution in [1.29, 1.82) is 5.26 Å². The summed E-state index contributed by atoms with van der Waals surface area (Å²) in [5.74, 6) is -0.235. The van der Waals surface area contributed by atoms with Gasteiger partial charge < -0.3 is 5.73 Å². The van der Waals surface area contributed by atoms with Gasteiger partial charge in [0.2, 0.25) is 5.82 Å². The van der Waals surface area contributed by atoms with Gasteiger partial charge in [0.15, 0.2) is 0 Å². The minimum absolute atomic E-state index is 0.0475. The zero-order valence-electron chi connectivity index (χ0n) is 16.6. The second-order valence-corrected chi connectivity index (χ2v) is 8.47. The maximum Gasteiger partial charge on any atom is 0.205 e. The molecule has 156 valence electrons. The van der Waals surface area contributed by atoms with Crippen molar-refractivity contribution in [1.82, 2.24) is 20.2 Å². The Bertz CT molecular complexity index is 1280. The zero-order chi connectivity index (χ0) is 22.5. The molecule has 1 heterocycles. The Morgan fingerprint density at radius 1 is 0.968 bits per heavy atom. The van der Waals surface area contributed by atoms with Crippen LogP contribution in [0.4, 0.5) is 10.1 Å². The summed E-state index contributed by atoms with van der Waals surface area (Å²) in [6, 6.07) is 17.5. The van der Waals surface area contributed by atoms with Gasteiger partial charge >= 0.3 is 0 Å². The number of hydrogen-bond acceptors (Lipinski definition) is 5. The Morgan fingerprint density at radius 3 is 2.26 bits per heavy atom. The number of benzene rings is 3. The van der Waals surface area contributed by atoms with E-state index in [-0.39, 0.29) is 5.56 Å². The Hall–Kier alpha value is -3.09. The predicted molar refractivity (Wildman–Crippen MR) is 125 cm³/mol. The van der Waals surface area contributed by atoms with Crippen LogP contribution in [0.3, 0.4) is 0 Å². The molecule has 4 rings (SSSR count). The molecule has 0 fully saturated rings. The lowest BCUT2D eigenvalue weighted by Crippen LogP contribution is -2.01. The topological polar surface area (TPSA) is 93.4 Å². The molecule has 4 aromatic rings. The second-order valence-electron chi connectivity index (χ2n) is 6.64. The molecule has 0 aliphatic rings. The van der Waals surface area contributed by atoms with Crippen LogP contribution in [0.25, 0.3) is 17.1 Å². The molecule has 0 radical (unpaired) electrons. The number of nitrogens with two attached hydrogens (primary N) is 1. The van der Waals surface area contributed by atoms with Gasteiger partial charge in [0.1, 0.15) is 11.9 Å². The summed E-state index contributed by atoms with van der Waals surface area (Å²) in [4.78, 5) is 1.41. The van der Waals surface area contributed by atoms with Gasteiger partial charge in [-0.15, -0.1) is 15.0 Å². The first-order valence-electron chi connectivity index (χ1n) is 9.06. The highest BCUT2D eigenvalue weighted by atomic mass is 79.9. The highest BCUT2D eigenvalue weighted by Gasteiger charge is 2.11. The van der Waals surface area contributed by atoms with Crippen molar-refractivity contribution < 1.29 is 4.39 Å². The number of nitrogen functional groups attached to an aromatic ring is 1. The van der Waals surface area contributed by atoms with Gasteiger partial charge in [-0.3, -0.25) is 0 Å². The molecule has 0 saturated carbocycles. The molecule has 0 amide bonds. The van der Waals surface area contributed by atoms with Gasteiger partial charge in [-0.1, -0.05) is 31.9 Å². The van der Waals surface area contributed by atoms with Crippen LogP contribution in [0.1, 0.15) is 16.7 Å². The highest BCUT2D eigenvalue weighted by molar-refractivity contribution is 9.10. The van der Waals surface area contributed by atoms with Crippen LogP contribution in [0.5, 0.6) is 0 Å².